The number of halogens is 2. The van der Waals surface area contributed by atoms with Crippen molar-refractivity contribution in [3.63, 3.8) is 0 Å². The molecule has 1 saturated heterocycles. The van der Waals surface area contributed by atoms with Gasteiger partial charge in [-0.25, -0.2) is 8.78 Å². The molecule has 0 saturated carbocycles. The molecule has 0 aliphatic carbocycles. The predicted octanol–water partition coefficient (Wildman–Crippen LogP) is 0.749. The van der Waals surface area contributed by atoms with Crippen molar-refractivity contribution in [1.29, 1.82) is 0 Å². The van der Waals surface area contributed by atoms with Crippen LogP contribution in [0.15, 0.2) is 0 Å². The second-order valence-corrected chi connectivity index (χ2v) is 1.87. The van der Waals surface area contributed by atoms with E-state index in [4.69, 9.17) is 7.85 Å². The van der Waals surface area contributed by atoms with E-state index in [1.807, 2.05) is 0 Å². The Morgan fingerprint density at radius 1 is 2.00 bits per heavy atom. The van der Waals surface area contributed by atoms with Crippen molar-refractivity contribution in [1.82, 2.24) is 0 Å². The third-order valence-electron chi connectivity index (χ3n) is 1.04. The Balaban J connectivity index is 2.71. The quantitative estimate of drug-likeness (QED) is 0.540. The van der Waals surface area contributed by atoms with Crippen LogP contribution in [-0.2, 0) is 4.74 Å². The molecule has 3 atom stereocenters. The molecule has 1 aliphatic heterocycles. The van der Waals surface area contributed by atoms with E-state index in [2.05, 4.69) is 4.74 Å². The lowest BCUT2D eigenvalue weighted by Gasteiger charge is -2.09. The Hall–Kier alpha value is -0.220. The van der Waals surface area contributed by atoms with E-state index >= 15 is 0 Å². The van der Waals surface area contributed by atoms with Gasteiger partial charge in [-0.05, 0) is 6.90 Å². The Kier molecular flexibility index (Phi) is 0.957. The van der Waals surface area contributed by atoms with Crippen LogP contribution in [0, 0.1) is 0 Å². The second-order valence-electron chi connectivity index (χ2n) is 1.87. The molecule has 0 radical (unpaired) electrons. The monoisotopic (exact) mass is 142 g/mol. The molecule has 1 aliphatic rings. The maximum absolute atomic E-state index is 12.5. The normalized spacial score (nSPS) is 52.6. The number of aliphatic hydroxyl groups excluding tert-OH is 1. The van der Waals surface area contributed by atoms with Gasteiger partial charge in [-0.3, -0.25) is 0 Å². The zero-order valence-electron chi connectivity index (χ0n) is 6.55. The molecule has 4 heteroatoms. The Morgan fingerprint density at radius 3 is 2.89 bits per heavy atom. The van der Waals surface area contributed by atoms with Gasteiger partial charge in [0.15, 0.2) is 0 Å². The van der Waals surface area contributed by atoms with Crippen molar-refractivity contribution in [2.24, 2.45) is 0 Å². The molecule has 0 spiro atoms. The van der Waals surface area contributed by atoms with Crippen molar-refractivity contribution in [2.45, 2.75) is 31.6 Å². The fourth-order valence-corrected chi connectivity index (χ4v) is 0.626. The minimum absolute atomic E-state index is 0.430. The molecular weight excluding hydrogens is 130 g/mol. The summed E-state index contributed by atoms with van der Waals surface area (Å²) in [7, 11) is 0. The molecular formula is C5H8F2O2. The first-order valence-corrected chi connectivity index (χ1v) is 2.43. The summed E-state index contributed by atoms with van der Waals surface area (Å²) in [5.41, 5.74) is 0. The van der Waals surface area contributed by atoms with Crippen molar-refractivity contribution in [2.75, 3.05) is 0 Å². The van der Waals surface area contributed by atoms with E-state index in [9.17, 15) is 8.78 Å². The zero-order chi connectivity index (χ0) is 8.65. The lowest BCUT2D eigenvalue weighted by Crippen LogP contribution is -2.27. The van der Waals surface area contributed by atoms with Gasteiger partial charge in [0.1, 0.15) is 0 Å². The third kappa shape index (κ3) is 1.19. The van der Waals surface area contributed by atoms with Gasteiger partial charge >= 0.3 is 0 Å². The molecule has 0 aromatic carbocycles. The minimum Gasteiger partial charge on any atom is -0.363 e. The first-order chi connectivity index (χ1) is 5.00. The number of alkyl halides is 2. The number of hydrogen-bond acceptors (Lipinski definition) is 2. The van der Waals surface area contributed by atoms with E-state index in [0.29, 0.717) is 0 Å². The van der Waals surface area contributed by atoms with Crippen molar-refractivity contribution in [3.05, 3.63) is 0 Å². The second kappa shape index (κ2) is 1.88. The van der Waals surface area contributed by atoms with E-state index in [-0.39, 0.29) is 0 Å². The van der Waals surface area contributed by atoms with E-state index in [1.165, 1.54) is 0 Å². The summed E-state index contributed by atoms with van der Waals surface area (Å²) in [5, 5.41) is 8.55. The first kappa shape index (κ1) is 4.57. The van der Waals surface area contributed by atoms with Gasteiger partial charge in [-0.15, -0.1) is 0 Å². The molecule has 2 nitrogen and oxygen atoms in total. The third-order valence-corrected chi connectivity index (χ3v) is 1.04. The smallest absolute Gasteiger partial charge is 0.300 e. The van der Waals surface area contributed by atoms with Crippen molar-refractivity contribution >= 4 is 0 Å². The molecule has 1 N–H and O–H groups in total. The average Bonchev–Trinajstić information content (AvgIpc) is 2.14. The minimum atomic E-state index is -3.54. The van der Waals surface area contributed by atoms with Crippen LogP contribution in [0.2, 0.25) is 0 Å². The molecule has 0 amide bonds. The highest BCUT2D eigenvalue weighted by Crippen LogP contribution is 2.33. The standard InChI is InChI=1S/C5H8F2O2/c1-3-2-5(6,7)4(8)9-3/h3-4,8H,2H2,1H3/t3-,4?/m1/s1/i1T,2T/t2-,3+,4?/m0. The Bertz CT molecular complexity index is 155. The first-order valence-electron chi connectivity index (χ1n) is 3.71. The van der Waals surface area contributed by atoms with Gasteiger partial charge in [0.05, 0.1) is 6.10 Å². The largest absolute Gasteiger partial charge is 0.363 e. The molecule has 1 unspecified atom stereocenters. The fourth-order valence-electron chi connectivity index (χ4n) is 0.626. The highest BCUT2D eigenvalue weighted by atomic mass is 19.3. The van der Waals surface area contributed by atoms with Crippen LogP contribution in [-0.4, -0.2) is 23.4 Å². The summed E-state index contributed by atoms with van der Waals surface area (Å²) in [5.74, 6) is -3.54. The van der Waals surface area contributed by atoms with Gasteiger partial charge < -0.3 is 9.84 Å². The molecule has 9 heavy (non-hydrogen) atoms. The predicted molar refractivity (Wildman–Crippen MR) is 26.1 cm³/mol. The summed E-state index contributed by atoms with van der Waals surface area (Å²) < 4.78 is 42.9. The maximum Gasteiger partial charge on any atom is 0.300 e. The SMILES string of the molecule is [3H]C[C@H]1OC(O)C(F)(F)[C@H]1[3H]. The number of aliphatic hydroxyl groups is 1. The van der Waals surface area contributed by atoms with Crippen molar-refractivity contribution in [3.8, 4) is 0 Å². The lowest BCUT2D eigenvalue weighted by atomic mass is 10.2. The molecule has 1 fully saturated rings. The fraction of sp³-hybridized carbons (Fsp3) is 1.00. The van der Waals surface area contributed by atoms with Gasteiger partial charge in [-0.2, -0.15) is 0 Å². The summed E-state index contributed by atoms with van der Waals surface area (Å²) in [6.07, 6.45) is -5.23. The van der Waals surface area contributed by atoms with E-state index < -0.39 is 31.6 Å². The van der Waals surface area contributed by atoms with Gasteiger partial charge in [-0.1, -0.05) is 0 Å². The van der Waals surface area contributed by atoms with Crippen LogP contribution in [0.4, 0.5) is 8.78 Å². The van der Waals surface area contributed by atoms with Crippen LogP contribution in [0.3, 0.4) is 0 Å². The van der Waals surface area contributed by atoms with Crippen molar-refractivity contribution < 1.29 is 21.4 Å². The van der Waals surface area contributed by atoms with Gasteiger partial charge in [0.25, 0.3) is 5.92 Å². The number of hydrogen-bond donors (Lipinski definition) is 1. The summed E-state index contributed by atoms with van der Waals surface area (Å²) >= 11 is 0. The summed E-state index contributed by atoms with van der Waals surface area (Å²) in [6.45, 7) is -0.430. The van der Waals surface area contributed by atoms with Crippen LogP contribution in [0.25, 0.3) is 0 Å². The molecule has 0 bridgehead atoms. The van der Waals surface area contributed by atoms with Crippen LogP contribution in [0.5, 0.6) is 0 Å². The van der Waals surface area contributed by atoms with Gasteiger partial charge in [0.2, 0.25) is 6.29 Å². The van der Waals surface area contributed by atoms with Gasteiger partial charge in [0, 0.05) is 9.14 Å². The Morgan fingerprint density at radius 2 is 2.67 bits per heavy atom. The Labute approximate surface area is 54.2 Å². The number of rotatable bonds is 0. The zero-order valence-corrected chi connectivity index (χ0v) is 4.55. The lowest BCUT2D eigenvalue weighted by molar-refractivity contribution is -0.185. The molecule has 54 valence electrons. The highest BCUT2D eigenvalue weighted by Gasteiger charge is 2.47. The molecule has 0 aromatic heterocycles. The molecule has 1 rings (SSSR count). The highest BCUT2D eigenvalue weighted by molar-refractivity contribution is 4.80. The maximum atomic E-state index is 12.5. The van der Waals surface area contributed by atoms with Crippen LogP contribution < -0.4 is 0 Å². The summed E-state index contributed by atoms with van der Waals surface area (Å²) in [4.78, 5) is 0. The molecule has 0 aromatic rings. The van der Waals surface area contributed by atoms with E-state index in [0.717, 1.165) is 0 Å². The summed E-state index contributed by atoms with van der Waals surface area (Å²) in [6, 6.07) is 0. The number of ether oxygens (including phenoxy) is 1. The molecule has 1 heterocycles. The van der Waals surface area contributed by atoms with Crippen LogP contribution >= 0.6 is 0 Å². The van der Waals surface area contributed by atoms with E-state index in [1.54, 1.807) is 0 Å². The topological polar surface area (TPSA) is 29.5 Å². The average molecular weight is 142 g/mol. The van der Waals surface area contributed by atoms with Crippen LogP contribution in [0.1, 0.15) is 16.0 Å².